The van der Waals surface area contributed by atoms with Gasteiger partial charge in [-0.15, -0.1) is 11.3 Å². The Hall–Kier alpha value is -2.86. The van der Waals surface area contributed by atoms with Gasteiger partial charge in [-0.2, -0.15) is 13.2 Å². The molecule has 1 amide bonds. The number of nitrogens with zero attached hydrogens (tertiary/aromatic N) is 4. The Morgan fingerprint density at radius 1 is 1.23 bits per heavy atom. The van der Waals surface area contributed by atoms with Crippen LogP contribution in [0.25, 0.3) is 21.8 Å². The van der Waals surface area contributed by atoms with Crippen molar-refractivity contribution in [3.8, 4) is 21.8 Å². The molecule has 1 fully saturated rings. The molecule has 0 N–H and O–H groups in total. The Balaban J connectivity index is 1.73. The number of hydrogen-bond acceptors (Lipinski definition) is 7. The van der Waals surface area contributed by atoms with Gasteiger partial charge in [-0.3, -0.25) is 4.21 Å². The van der Waals surface area contributed by atoms with E-state index in [0.29, 0.717) is 54.4 Å². The highest BCUT2D eigenvalue weighted by Crippen LogP contribution is 2.42. The predicted octanol–water partition coefficient (Wildman–Crippen LogP) is 5.36. The van der Waals surface area contributed by atoms with Gasteiger partial charge in [-0.1, -0.05) is 12.1 Å². The molecule has 0 bridgehead atoms. The molecule has 1 aromatic carbocycles. The van der Waals surface area contributed by atoms with Gasteiger partial charge < -0.3 is 9.64 Å². The van der Waals surface area contributed by atoms with E-state index in [1.54, 1.807) is 24.0 Å². The summed E-state index contributed by atoms with van der Waals surface area (Å²) in [5, 5.41) is 0.892. The highest BCUT2D eigenvalue weighted by molar-refractivity contribution is 7.84. The van der Waals surface area contributed by atoms with Crippen LogP contribution in [0.3, 0.4) is 0 Å². The third-order valence-electron chi connectivity index (χ3n) is 5.60. The van der Waals surface area contributed by atoms with Crippen molar-refractivity contribution in [3.05, 3.63) is 47.1 Å². The second kappa shape index (κ2) is 10.4. The van der Waals surface area contributed by atoms with Crippen LogP contribution >= 0.6 is 11.3 Å². The number of thiazole rings is 1. The minimum Gasteiger partial charge on any atom is -0.450 e. The molecule has 0 spiro atoms. The van der Waals surface area contributed by atoms with E-state index >= 15 is 0 Å². The van der Waals surface area contributed by atoms with Crippen molar-refractivity contribution >= 4 is 28.2 Å². The first-order chi connectivity index (χ1) is 16.7. The van der Waals surface area contributed by atoms with Gasteiger partial charge in [-0.25, -0.2) is 19.7 Å². The first-order valence-corrected chi connectivity index (χ1v) is 13.3. The number of carbonyl (C=O) groups excluding carboxylic acids is 1. The number of amides is 1. The number of alkyl halides is 3. The summed E-state index contributed by atoms with van der Waals surface area (Å²) in [6.07, 6.45) is -0.592. The van der Waals surface area contributed by atoms with Crippen LogP contribution in [0.15, 0.2) is 41.7 Å². The van der Waals surface area contributed by atoms with Crippen LogP contribution in [-0.2, 0) is 21.7 Å². The fourth-order valence-electron chi connectivity index (χ4n) is 3.85. The van der Waals surface area contributed by atoms with Gasteiger partial charge in [0.1, 0.15) is 0 Å². The molecule has 0 saturated carbocycles. The van der Waals surface area contributed by atoms with Crippen molar-refractivity contribution < 1.29 is 26.9 Å². The normalized spacial score (nSPS) is 15.7. The lowest BCUT2D eigenvalue weighted by atomic mass is 9.98. The van der Waals surface area contributed by atoms with Crippen LogP contribution < -0.4 is 0 Å². The summed E-state index contributed by atoms with van der Waals surface area (Å²) in [6, 6.07) is 6.66. The maximum absolute atomic E-state index is 13.4. The Bertz CT molecular complexity index is 1240. The number of rotatable bonds is 5. The summed E-state index contributed by atoms with van der Waals surface area (Å²) < 4.78 is 57.2. The lowest BCUT2D eigenvalue weighted by molar-refractivity contribution is -0.137. The van der Waals surface area contributed by atoms with E-state index in [-0.39, 0.29) is 17.2 Å². The molecule has 35 heavy (non-hydrogen) atoms. The number of carbonyl (C=O) groups is 1. The quantitative estimate of drug-likeness (QED) is 0.418. The predicted molar refractivity (Wildman–Crippen MR) is 126 cm³/mol. The van der Waals surface area contributed by atoms with E-state index in [9.17, 15) is 22.2 Å². The largest absolute Gasteiger partial charge is 0.450 e. The zero-order valence-electron chi connectivity index (χ0n) is 19.0. The molecular formula is C23H23F3N4O3S2. The topological polar surface area (TPSA) is 85.3 Å². The average molecular weight is 525 g/mol. The molecule has 4 rings (SSSR count). The molecule has 0 radical (unpaired) electrons. The van der Waals surface area contributed by atoms with E-state index in [2.05, 4.69) is 9.97 Å². The summed E-state index contributed by atoms with van der Waals surface area (Å²) in [5.74, 6) is 0.0330. The molecule has 3 heterocycles. The Morgan fingerprint density at radius 3 is 2.63 bits per heavy atom. The second-order valence-corrected chi connectivity index (χ2v) is 10.3. The van der Waals surface area contributed by atoms with Gasteiger partial charge in [0, 0.05) is 37.0 Å². The van der Waals surface area contributed by atoms with Crippen LogP contribution in [0.1, 0.15) is 36.3 Å². The lowest BCUT2D eigenvalue weighted by Gasteiger charge is -2.30. The summed E-state index contributed by atoms with van der Waals surface area (Å²) in [7, 11) is -1.42. The van der Waals surface area contributed by atoms with Crippen molar-refractivity contribution in [2.75, 3.05) is 26.0 Å². The standard InChI is InChI=1S/C23H23F3N4O3S2/c1-3-33-22(31)30-11-8-14(9-12-30)20-29-18(15-5-4-6-16(13-15)23(24,25)26)19(34-20)17-7-10-27-21(28-17)35(2)32/h4-7,10,13-14H,3,8-9,11-12H2,1-2H3. The summed E-state index contributed by atoms with van der Waals surface area (Å²) in [5.41, 5.74) is 0.385. The van der Waals surface area contributed by atoms with Crippen LogP contribution in [0.2, 0.25) is 0 Å². The van der Waals surface area contributed by atoms with E-state index in [4.69, 9.17) is 9.72 Å². The third-order valence-corrected chi connectivity index (χ3v) is 7.55. The third kappa shape index (κ3) is 5.69. The highest BCUT2D eigenvalue weighted by atomic mass is 32.2. The van der Waals surface area contributed by atoms with Crippen molar-refractivity contribution in [1.82, 2.24) is 19.9 Å². The SMILES string of the molecule is CCOC(=O)N1CCC(c2nc(-c3cccc(C(F)(F)F)c3)c(-c3ccnc(S(C)=O)n3)s2)CC1. The molecule has 1 saturated heterocycles. The van der Waals surface area contributed by atoms with Gasteiger partial charge in [-0.05, 0) is 38.0 Å². The smallest absolute Gasteiger partial charge is 0.416 e. The second-order valence-electron chi connectivity index (χ2n) is 7.95. The highest BCUT2D eigenvalue weighted by Gasteiger charge is 2.32. The molecule has 1 aliphatic heterocycles. The van der Waals surface area contributed by atoms with Crippen molar-refractivity contribution in [2.45, 2.75) is 37.0 Å². The van der Waals surface area contributed by atoms with E-state index in [1.807, 2.05) is 0 Å². The van der Waals surface area contributed by atoms with Crippen LogP contribution in [0.4, 0.5) is 18.0 Å². The van der Waals surface area contributed by atoms with Crippen LogP contribution in [0.5, 0.6) is 0 Å². The summed E-state index contributed by atoms with van der Waals surface area (Å²) in [6.45, 7) is 3.07. The molecule has 1 unspecified atom stereocenters. The molecule has 186 valence electrons. The van der Waals surface area contributed by atoms with E-state index in [1.165, 1.54) is 29.9 Å². The van der Waals surface area contributed by atoms with Gasteiger partial charge in [0.25, 0.3) is 0 Å². The molecule has 1 aliphatic rings. The molecule has 2 aromatic heterocycles. The fourth-order valence-corrected chi connectivity index (χ4v) is 5.52. The number of aromatic nitrogens is 3. The molecule has 0 aliphatic carbocycles. The molecule has 7 nitrogen and oxygen atoms in total. The maximum atomic E-state index is 13.4. The van der Waals surface area contributed by atoms with E-state index < -0.39 is 22.5 Å². The first-order valence-electron chi connectivity index (χ1n) is 10.9. The number of benzene rings is 1. The minimum absolute atomic E-state index is 0.0330. The molecular weight excluding hydrogens is 501 g/mol. The van der Waals surface area contributed by atoms with Crippen molar-refractivity contribution in [3.63, 3.8) is 0 Å². The number of hydrogen-bond donors (Lipinski definition) is 0. The van der Waals surface area contributed by atoms with Gasteiger partial charge in [0.15, 0.2) is 0 Å². The minimum atomic E-state index is -4.49. The molecule has 3 aromatic rings. The average Bonchev–Trinajstić information content (AvgIpc) is 3.29. The molecule has 12 heteroatoms. The first kappa shape index (κ1) is 25.2. The number of likely N-dealkylation sites (tertiary alicyclic amines) is 1. The zero-order valence-corrected chi connectivity index (χ0v) is 20.7. The zero-order chi connectivity index (χ0) is 25.2. The maximum Gasteiger partial charge on any atom is 0.416 e. The van der Waals surface area contributed by atoms with Crippen LogP contribution in [0, 0.1) is 0 Å². The number of piperidine rings is 1. The summed E-state index contributed by atoms with van der Waals surface area (Å²) >= 11 is 1.35. The Kier molecular flexibility index (Phi) is 7.50. The van der Waals surface area contributed by atoms with Gasteiger partial charge in [0.05, 0.1) is 44.2 Å². The lowest BCUT2D eigenvalue weighted by Crippen LogP contribution is -2.38. The van der Waals surface area contributed by atoms with Crippen molar-refractivity contribution in [2.24, 2.45) is 0 Å². The van der Waals surface area contributed by atoms with Gasteiger partial charge in [0.2, 0.25) is 5.16 Å². The molecule has 1 atom stereocenters. The Labute approximate surface area is 206 Å². The number of halogens is 3. The van der Waals surface area contributed by atoms with Crippen LogP contribution in [-0.4, -0.2) is 56.1 Å². The Morgan fingerprint density at radius 2 is 1.97 bits per heavy atom. The monoisotopic (exact) mass is 524 g/mol. The van der Waals surface area contributed by atoms with E-state index in [0.717, 1.165) is 17.1 Å². The number of ether oxygens (including phenoxy) is 1. The van der Waals surface area contributed by atoms with Gasteiger partial charge >= 0.3 is 12.3 Å². The fraction of sp³-hybridized carbons (Fsp3) is 0.391. The summed E-state index contributed by atoms with van der Waals surface area (Å²) in [4.78, 5) is 27.4. The van der Waals surface area contributed by atoms with Crippen molar-refractivity contribution in [1.29, 1.82) is 0 Å².